The monoisotopic (exact) mass is 277 g/mol. The molecule has 96 valence electrons. The van der Waals surface area contributed by atoms with Gasteiger partial charge < -0.3 is 0 Å². The molecule has 0 aliphatic heterocycles. The van der Waals surface area contributed by atoms with Crippen molar-refractivity contribution in [2.75, 3.05) is 0 Å². The third-order valence-corrected chi connectivity index (χ3v) is 4.09. The summed E-state index contributed by atoms with van der Waals surface area (Å²) in [6.45, 7) is 0. The van der Waals surface area contributed by atoms with E-state index in [0.717, 1.165) is 21.9 Å². The lowest BCUT2D eigenvalue weighted by Crippen LogP contribution is -1.97. The molecule has 1 aromatic carbocycles. The highest BCUT2D eigenvalue weighted by atomic mass is 32.1. The van der Waals surface area contributed by atoms with E-state index in [1.807, 2.05) is 41.1 Å². The molecule has 4 rings (SSSR count). The summed E-state index contributed by atoms with van der Waals surface area (Å²) in [5.41, 5.74) is 2.14. The minimum Gasteiger partial charge on any atom is -0.237 e. The zero-order chi connectivity index (χ0) is 13.4. The van der Waals surface area contributed by atoms with E-state index >= 15 is 0 Å². The number of pyridine rings is 1. The Morgan fingerprint density at radius 1 is 0.900 bits per heavy atom. The number of aromatic nitrogens is 3. The smallest absolute Gasteiger partial charge is 0.154 e. The van der Waals surface area contributed by atoms with Gasteiger partial charge in [-0.25, -0.2) is 9.67 Å². The Morgan fingerprint density at radius 3 is 2.55 bits per heavy atom. The SMILES string of the molecule is c1ccc(-c2nn(-c3ccccn3)c3sccc23)cc1. The van der Waals surface area contributed by atoms with Gasteiger partial charge in [0.15, 0.2) is 5.82 Å². The molecule has 0 aliphatic rings. The summed E-state index contributed by atoms with van der Waals surface area (Å²) < 4.78 is 1.92. The van der Waals surface area contributed by atoms with Crippen LogP contribution >= 0.6 is 11.3 Å². The van der Waals surface area contributed by atoms with Crippen LogP contribution in [0.4, 0.5) is 0 Å². The van der Waals surface area contributed by atoms with Crippen LogP contribution in [-0.4, -0.2) is 14.8 Å². The van der Waals surface area contributed by atoms with Crippen LogP contribution in [0.5, 0.6) is 0 Å². The van der Waals surface area contributed by atoms with E-state index in [2.05, 4.69) is 28.6 Å². The normalized spacial score (nSPS) is 11.0. The summed E-state index contributed by atoms with van der Waals surface area (Å²) >= 11 is 1.68. The molecule has 0 radical (unpaired) electrons. The Morgan fingerprint density at radius 2 is 1.75 bits per heavy atom. The molecule has 0 N–H and O–H groups in total. The van der Waals surface area contributed by atoms with Crippen LogP contribution < -0.4 is 0 Å². The van der Waals surface area contributed by atoms with Gasteiger partial charge in [0.1, 0.15) is 10.5 Å². The molecule has 4 aromatic rings. The summed E-state index contributed by atoms with van der Waals surface area (Å²) in [7, 11) is 0. The summed E-state index contributed by atoms with van der Waals surface area (Å²) in [4.78, 5) is 5.52. The molecule has 4 heteroatoms. The largest absolute Gasteiger partial charge is 0.237 e. The number of fused-ring (bicyclic) bond motifs is 1. The highest BCUT2D eigenvalue weighted by Crippen LogP contribution is 2.32. The standard InChI is InChI=1S/C16H11N3S/c1-2-6-12(7-3-1)15-13-9-11-20-16(13)19(18-15)14-8-4-5-10-17-14/h1-11H. The average molecular weight is 277 g/mol. The zero-order valence-corrected chi connectivity index (χ0v) is 11.4. The first-order valence-corrected chi connectivity index (χ1v) is 7.24. The molecule has 3 nitrogen and oxygen atoms in total. The highest BCUT2D eigenvalue weighted by molar-refractivity contribution is 7.16. The number of hydrogen-bond donors (Lipinski definition) is 0. The van der Waals surface area contributed by atoms with Gasteiger partial charge >= 0.3 is 0 Å². The van der Waals surface area contributed by atoms with Gasteiger partial charge in [0, 0.05) is 17.1 Å². The minimum absolute atomic E-state index is 0.849. The fourth-order valence-electron chi connectivity index (χ4n) is 2.29. The Bertz CT molecular complexity index is 778. The maximum atomic E-state index is 4.75. The van der Waals surface area contributed by atoms with Crippen LogP contribution in [0.25, 0.3) is 27.3 Å². The maximum absolute atomic E-state index is 4.75. The Labute approximate surface area is 120 Å². The van der Waals surface area contributed by atoms with Gasteiger partial charge in [0.25, 0.3) is 0 Å². The summed E-state index contributed by atoms with van der Waals surface area (Å²) in [6, 6.07) is 18.2. The number of thiophene rings is 1. The van der Waals surface area contributed by atoms with Crippen molar-refractivity contribution >= 4 is 21.6 Å². The zero-order valence-electron chi connectivity index (χ0n) is 10.6. The predicted molar refractivity (Wildman–Crippen MR) is 82.2 cm³/mol. The highest BCUT2D eigenvalue weighted by Gasteiger charge is 2.14. The molecule has 0 unspecified atom stereocenters. The van der Waals surface area contributed by atoms with E-state index in [1.165, 1.54) is 5.39 Å². The van der Waals surface area contributed by atoms with Crippen molar-refractivity contribution in [3.05, 3.63) is 66.2 Å². The van der Waals surface area contributed by atoms with Crippen LogP contribution in [0.15, 0.2) is 66.2 Å². The third kappa shape index (κ3) is 1.73. The van der Waals surface area contributed by atoms with E-state index in [9.17, 15) is 0 Å². The molecule has 0 atom stereocenters. The molecular weight excluding hydrogens is 266 g/mol. The molecule has 0 bridgehead atoms. The van der Waals surface area contributed by atoms with Crippen LogP contribution in [0.2, 0.25) is 0 Å². The van der Waals surface area contributed by atoms with Gasteiger partial charge in [-0.3, -0.25) is 0 Å². The molecule has 3 aromatic heterocycles. The third-order valence-electron chi connectivity index (χ3n) is 3.21. The molecule has 0 aliphatic carbocycles. The van der Waals surface area contributed by atoms with Gasteiger partial charge in [-0.2, -0.15) is 5.10 Å². The Kier molecular flexibility index (Phi) is 2.60. The lowest BCUT2D eigenvalue weighted by Gasteiger charge is -2.00. The van der Waals surface area contributed by atoms with Gasteiger partial charge in [-0.1, -0.05) is 36.4 Å². The van der Waals surface area contributed by atoms with E-state index in [0.29, 0.717) is 0 Å². The molecular formula is C16H11N3S. The van der Waals surface area contributed by atoms with Crippen molar-refractivity contribution in [3.8, 4) is 17.1 Å². The lowest BCUT2D eigenvalue weighted by molar-refractivity contribution is 0.884. The first kappa shape index (κ1) is 11.4. The molecule has 0 saturated carbocycles. The maximum Gasteiger partial charge on any atom is 0.154 e. The topological polar surface area (TPSA) is 30.7 Å². The minimum atomic E-state index is 0.849. The van der Waals surface area contributed by atoms with Crippen molar-refractivity contribution in [3.63, 3.8) is 0 Å². The number of hydrogen-bond acceptors (Lipinski definition) is 3. The van der Waals surface area contributed by atoms with Gasteiger partial charge in [-0.15, -0.1) is 11.3 Å². The number of nitrogens with zero attached hydrogens (tertiary/aromatic N) is 3. The molecule has 0 fully saturated rings. The second-order valence-corrected chi connectivity index (χ2v) is 5.35. The fraction of sp³-hybridized carbons (Fsp3) is 0. The van der Waals surface area contributed by atoms with Crippen molar-refractivity contribution < 1.29 is 0 Å². The lowest BCUT2D eigenvalue weighted by atomic mass is 10.1. The van der Waals surface area contributed by atoms with E-state index in [1.54, 1.807) is 17.5 Å². The van der Waals surface area contributed by atoms with Crippen molar-refractivity contribution in [1.82, 2.24) is 14.8 Å². The Hall–Kier alpha value is -2.46. The van der Waals surface area contributed by atoms with Gasteiger partial charge in [0.05, 0.1) is 0 Å². The first-order chi connectivity index (χ1) is 9.93. The molecule has 20 heavy (non-hydrogen) atoms. The van der Waals surface area contributed by atoms with Crippen LogP contribution in [-0.2, 0) is 0 Å². The first-order valence-electron chi connectivity index (χ1n) is 6.36. The van der Waals surface area contributed by atoms with Crippen LogP contribution in [0.3, 0.4) is 0 Å². The van der Waals surface area contributed by atoms with Gasteiger partial charge in [0.2, 0.25) is 0 Å². The molecule has 0 amide bonds. The van der Waals surface area contributed by atoms with E-state index in [-0.39, 0.29) is 0 Å². The van der Waals surface area contributed by atoms with Crippen LogP contribution in [0.1, 0.15) is 0 Å². The van der Waals surface area contributed by atoms with Crippen molar-refractivity contribution in [2.45, 2.75) is 0 Å². The van der Waals surface area contributed by atoms with E-state index in [4.69, 9.17) is 5.10 Å². The van der Waals surface area contributed by atoms with E-state index < -0.39 is 0 Å². The molecule has 0 spiro atoms. The van der Waals surface area contributed by atoms with Gasteiger partial charge in [-0.05, 0) is 23.6 Å². The second kappa shape index (κ2) is 4.58. The Balaban J connectivity index is 1.99. The number of rotatable bonds is 2. The van der Waals surface area contributed by atoms with Crippen molar-refractivity contribution in [1.29, 1.82) is 0 Å². The second-order valence-electron chi connectivity index (χ2n) is 4.45. The van der Waals surface area contributed by atoms with Crippen LogP contribution in [0, 0.1) is 0 Å². The number of benzene rings is 1. The summed E-state index contributed by atoms with van der Waals surface area (Å²) in [6.07, 6.45) is 1.79. The molecule has 0 saturated heterocycles. The molecule has 3 heterocycles. The predicted octanol–water partition coefficient (Wildman–Crippen LogP) is 4.15. The quantitative estimate of drug-likeness (QED) is 0.551. The summed E-state index contributed by atoms with van der Waals surface area (Å²) in [5.74, 6) is 0.849. The fourth-order valence-corrected chi connectivity index (χ4v) is 3.15. The van der Waals surface area contributed by atoms with Crippen molar-refractivity contribution in [2.24, 2.45) is 0 Å². The summed E-state index contributed by atoms with van der Waals surface area (Å²) in [5, 5.41) is 8.02. The average Bonchev–Trinajstić information content (AvgIpc) is 3.11.